The zero-order valence-corrected chi connectivity index (χ0v) is 15.8. The molecule has 0 saturated heterocycles. The number of rotatable bonds is 4. The van der Waals surface area contributed by atoms with Crippen molar-refractivity contribution in [2.24, 2.45) is 0 Å². The van der Waals surface area contributed by atoms with Gasteiger partial charge in [-0.05, 0) is 46.3 Å². The van der Waals surface area contributed by atoms with E-state index in [4.69, 9.17) is 4.74 Å². The van der Waals surface area contributed by atoms with Gasteiger partial charge in [0.05, 0.1) is 11.4 Å². The van der Waals surface area contributed by atoms with Crippen molar-refractivity contribution in [2.45, 2.75) is 6.42 Å². The molecule has 1 N–H and O–H groups in total. The molecule has 2 aromatic rings. The van der Waals surface area contributed by atoms with Crippen LogP contribution in [0.5, 0.6) is 5.75 Å². The number of para-hydroxylation sites is 2. The van der Waals surface area contributed by atoms with E-state index in [-0.39, 0.29) is 24.8 Å². The fourth-order valence-electron chi connectivity index (χ4n) is 2.42. The standard InChI is InChI=1S/C17H14Br2N2O3/c18-11-5-6-13(12(19)9-11)20-16(22)7-8-21-14-3-1-2-4-15(14)24-10-17(21)23/h1-6,9H,7-8,10H2,(H,20,22). The van der Waals surface area contributed by atoms with Crippen LogP contribution in [0.2, 0.25) is 0 Å². The van der Waals surface area contributed by atoms with E-state index in [1.54, 1.807) is 11.0 Å². The zero-order chi connectivity index (χ0) is 17.1. The molecule has 2 aromatic carbocycles. The fourth-order valence-corrected chi connectivity index (χ4v) is 3.56. The number of fused-ring (bicyclic) bond motifs is 1. The number of hydrogen-bond acceptors (Lipinski definition) is 3. The SMILES string of the molecule is O=C(CCN1C(=O)COc2ccccc21)Nc1ccc(Br)cc1Br. The van der Waals surface area contributed by atoms with Gasteiger partial charge in [-0.25, -0.2) is 0 Å². The smallest absolute Gasteiger partial charge is 0.265 e. The lowest BCUT2D eigenvalue weighted by molar-refractivity contribution is -0.121. The highest BCUT2D eigenvalue weighted by Gasteiger charge is 2.25. The summed E-state index contributed by atoms with van der Waals surface area (Å²) in [6.45, 7) is 0.302. The summed E-state index contributed by atoms with van der Waals surface area (Å²) in [5, 5.41) is 2.84. The molecule has 1 aliphatic heterocycles. The Hall–Kier alpha value is -1.86. The first-order valence-corrected chi connectivity index (χ1v) is 8.90. The molecule has 124 valence electrons. The van der Waals surface area contributed by atoms with E-state index in [0.717, 1.165) is 8.95 Å². The van der Waals surface area contributed by atoms with Crippen LogP contribution >= 0.6 is 31.9 Å². The molecule has 0 atom stereocenters. The number of ether oxygens (including phenoxy) is 1. The first-order chi connectivity index (χ1) is 11.5. The minimum atomic E-state index is -0.158. The Bertz CT molecular complexity index is 795. The molecule has 1 aliphatic rings. The van der Waals surface area contributed by atoms with Crippen LogP contribution in [0.1, 0.15) is 6.42 Å². The summed E-state index contributed by atoms with van der Waals surface area (Å²) in [6.07, 6.45) is 0.197. The molecule has 0 aromatic heterocycles. The third kappa shape index (κ3) is 3.79. The third-order valence-corrected chi connectivity index (χ3v) is 4.73. The Morgan fingerprint density at radius 1 is 1.21 bits per heavy atom. The summed E-state index contributed by atoms with van der Waals surface area (Å²) in [7, 11) is 0. The lowest BCUT2D eigenvalue weighted by Crippen LogP contribution is -2.40. The average Bonchev–Trinajstić information content (AvgIpc) is 2.56. The molecule has 24 heavy (non-hydrogen) atoms. The molecule has 1 heterocycles. The summed E-state index contributed by atoms with van der Waals surface area (Å²) in [4.78, 5) is 25.9. The van der Waals surface area contributed by atoms with E-state index in [9.17, 15) is 9.59 Å². The van der Waals surface area contributed by atoms with Crippen LogP contribution in [0.3, 0.4) is 0 Å². The van der Waals surface area contributed by atoms with Gasteiger partial charge in [-0.3, -0.25) is 9.59 Å². The summed E-state index contributed by atoms with van der Waals surface area (Å²) < 4.78 is 7.10. The van der Waals surface area contributed by atoms with Crippen LogP contribution in [-0.4, -0.2) is 25.0 Å². The van der Waals surface area contributed by atoms with Crippen LogP contribution in [0.25, 0.3) is 0 Å². The topological polar surface area (TPSA) is 58.6 Å². The molecule has 0 unspecified atom stereocenters. The summed E-state index contributed by atoms with van der Waals surface area (Å²) in [5.74, 6) is 0.356. The molecule has 2 amide bonds. The number of carbonyl (C=O) groups excluding carboxylic acids is 2. The number of hydrogen-bond donors (Lipinski definition) is 1. The predicted octanol–water partition coefficient (Wildman–Crippen LogP) is 3.97. The van der Waals surface area contributed by atoms with Gasteiger partial charge in [0.2, 0.25) is 5.91 Å². The van der Waals surface area contributed by atoms with E-state index in [1.165, 1.54) is 0 Å². The average molecular weight is 454 g/mol. The molecular formula is C17H14Br2N2O3. The van der Waals surface area contributed by atoms with Gasteiger partial charge in [0.15, 0.2) is 6.61 Å². The number of halogens is 2. The van der Waals surface area contributed by atoms with Gasteiger partial charge >= 0.3 is 0 Å². The van der Waals surface area contributed by atoms with Crippen molar-refractivity contribution in [2.75, 3.05) is 23.4 Å². The van der Waals surface area contributed by atoms with Gasteiger partial charge in [-0.1, -0.05) is 28.1 Å². The Morgan fingerprint density at radius 3 is 2.79 bits per heavy atom. The molecule has 5 nitrogen and oxygen atoms in total. The lowest BCUT2D eigenvalue weighted by atomic mass is 10.2. The molecule has 0 spiro atoms. The van der Waals surface area contributed by atoms with Crippen LogP contribution in [0.15, 0.2) is 51.4 Å². The van der Waals surface area contributed by atoms with E-state index in [1.807, 2.05) is 36.4 Å². The largest absolute Gasteiger partial charge is 0.482 e. The van der Waals surface area contributed by atoms with E-state index >= 15 is 0 Å². The maximum absolute atomic E-state index is 12.2. The lowest BCUT2D eigenvalue weighted by Gasteiger charge is -2.29. The van der Waals surface area contributed by atoms with Crippen molar-refractivity contribution in [1.29, 1.82) is 0 Å². The minimum Gasteiger partial charge on any atom is -0.482 e. The number of carbonyl (C=O) groups is 2. The van der Waals surface area contributed by atoms with Gasteiger partial charge in [-0.2, -0.15) is 0 Å². The zero-order valence-electron chi connectivity index (χ0n) is 12.6. The highest BCUT2D eigenvalue weighted by atomic mass is 79.9. The summed E-state index contributed by atoms with van der Waals surface area (Å²) in [6, 6.07) is 12.8. The molecule has 3 rings (SSSR count). The van der Waals surface area contributed by atoms with Crippen LogP contribution in [-0.2, 0) is 9.59 Å². The maximum atomic E-state index is 12.2. The van der Waals surface area contributed by atoms with Crippen molar-refractivity contribution in [3.05, 3.63) is 51.4 Å². The highest BCUT2D eigenvalue weighted by Crippen LogP contribution is 2.31. The van der Waals surface area contributed by atoms with Crippen LogP contribution in [0, 0.1) is 0 Å². The fraction of sp³-hybridized carbons (Fsp3) is 0.176. The van der Waals surface area contributed by atoms with Crippen LogP contribution in [0.4, 0.5) is 11.4 Å². The number of anilines is 2. The van der Waals surface area contributed by atoms with Crippen molar-refractivity contribution in [1.82, 2.24) is 0 Å². The highest BCUT2D eigenvalue weighted by molar-refractivity contribution is 9.11. The Morgan fingerprint density at radius 2 is 2.00 bits per heavy atom. The predicted molar refractivity (Wildman–Crippen MR) is 99.4 cm³/mol. The molecule has 7 heteroatoms. The second kappa shape index (κ2) is 7.36. The van der Waals surface area contributed by atoms with Gasteiger partial charge in [-0.15, -0.1) is 0 Å². The van der Waals surface area contributed by atoms with Gasteiger partial charge in [0, 0.05) is 21.9 Å². The third-order valence-electron chi connectivity index (χ3n) is 3.58. The maximum Gasteiger partial charge on any atom is 0.265 e. The van der Waals surface area contributed by atoms with Crippen molar-refractivity contribution in [3.63, 3.8) is 0 Å². The van der Waals surface area contributed by atoms with E-state index < -0.39 is 0 Å². The number of amides is 2. The van der Waals surface area contributed by atoms with Crippen molar-refractivity contribution < 1.29 is 14.3 Å². The van der Waals surface area contributed by atoms with Gasteiger partial charge in [0.25, 0.3) is 5.91 Å². The second-order valence-corrected chi connectivity index (χ2v) is 6.99. The van der Waals surface area contributed by atoms with E-state index in [0.29, 0.717) is 23.7 Å². The monoisotopic (exact) mass is 452 g/mol. The summed E-state index contributed by atoms with van der Waals surface area (Å²) in [5.41, 5.74) is 1.39. The first kappa shape index (κ1) is 17.0. The number of benzene rings is 2. The molecule has 0 saturated carbocycles. The second-order valence-electron chi connectivity index (χ2n) is 5.22. The molecule has 0 bridgehead atoms. The van der Waals surface area contributed by atoms with Crippen molar-refractivity contribution in [3.8, 4) is 5.75 Å². The summed E-state index contributed by atoms with van der Waals surface area (Å²) >= 11 is 6.78. The molecule has 0 fully saturated rings. The van der Waals surface area contributed by atoms with Crippen molar-refractivity contribution >= 4 is 55.0 Å². The normalized spacial score (nSPS) is 13.2. The Labute approximate surface area is 156 Å². The minimum absolute atomic E-state index is 0.00308. The number of nitrogens with zero attached hydrogens (tertiary/aromatic N) is 1. The first-order valence-electron chi connectivity index (χ1n) is 7.31. The molecular weight excluding hydrogens is 440 g/mol. The molecule has 0 radical (unpaired) electrons. The van der Waals surface area contributed by atoms with Gasteiger partial charge < -0.3 is 15.0 Å². The van der Waals surface area contributed by atoms with Crippen LogP contribution < -0.4 is 15.0 Å². The molecule has 0 aliphatic carbocycles. The Kier molecular flexibility index (Phi) is 5.20. The Balaban J connectivity index is 1.65. The number of nitrogens with one attached hydrogen (secondary N) is 1. The quantitative estimate of drug-likeness (QED) is 0.761. The van der Waals surface area contributed by atoms with E-state index in [2.05, 4.69) is 37.2 Å². The van der Waals surface area contributed by atoms with Gasteiger partial charge in [0.1, 0.15) is 5.75 Å².